The van der Waals surface area contributed by atoms with Crippen molar-refractivity contribution in [2.45, 2.75) is 33.1 Å². The summed E-state index contributed by atoms with van der Waals surface area (Å²) in [5.41, 5.74) is 0. The standard InChI is InChI=1S/C15H18O4/c1-6-3-12(16)8-4-10-11(5-9(8)13(6)17)15(19)7(2)14(10)18/h6-11H,3-5H2,1-2H3. The highest BCUT2D eigenvalue weighted by atomic mass is 16.2. The first-order valence-corrected chi connectivity index (χ1v) is 7.05. The first kappa shape index (κ1) is 12.7. The Morgan fingerprint density at radius 3 is 1.79 bits per heavy atom. The molecule has 6 unspecified atom stereocenters. The van der Waals surface area contributed by atoms with Crippen LogP contribution in [0.15, 0.2) is 0 Å². The highest BCUT2D eigenvalue weighted by Gasteiger charge is 2.56. The van der Waals surface area contributed by atoms with Gasteiger partial charge in [-0.25, -0.2) is 0 Å². The van der Waals surface area contributed by atoms with Crippen molar-refractivity contribution in [3.05, 3.63) is 0 Å². The molecule has 4 nitrogen and oxygen atoms in total. The van der Waals surface area contributed by atoms with Gasteiger partial charge >= 0.3 is 0 Å². The van der Waals surface area contributed by atoms with Crippen molar-refractivity contribution in [3.8, 4) is 0 Å². The lowest BCUT2D eigenvalue weighted by Gasteiger charge is -2.40. The number of carbonyl (C=O) groups is 4. The molecule has 0 heterocycles. The lowest BCUT2D eigenvalue weighted by atomic mass is 9.61. The fourth-order valence-corrected chi connectivity index (χ4v) is 4.21. The quantitative estimate of drug-likeness (QED) is 0.615. The molecule has 0 aromatic heterocycles. The van der Waals surface area contributed by atoms with Crippen molar-refractivity contribution in [2.75, 3.05) is 0 Å². The summed E-state index contributed by atoms with van der Waals surface area (Å²) in [6.45, 7) is 3.44. The molecule has 3 saturated carbocycles. The Kier molecular flexibility index (Phi) is 2.73. The fraction of sp³-hybridized carbons (Fsp3) is 0.733. The maximum absolute atomic E-state index is 12.2. The average Bonchev–Trinajstić information content (AvgIpc) is 2.60. The zero-order valence-electron chi connectivity index (χ0n) is 11.2. The van der Waals surface area contributed by atoms with Gasteiger partial charge in [0.15, 0.2) is 0 Å². The highest BCUT2D eigenvalue weighted by Crippen LogP contribution is 2.48. The van der Waals surface area contributed by atoms with Crippen LogP contribution in [0.5, 0.6) is 0 Å². The van der Waals surface area contributed by atoms with E-state index >= 15 is 0 Å². The lowest BCUT2D eigenvalue weighted by Crippen LogP contribution is -2.46. The molecule has 3 aliphatic carbocycles. The Morgan fingerprint density at radius 2 is 1.21 bits per heavy atom. The molecule has 0 amide bonds. The summed E-state index contributed by atoms with van der Waals surface area (Å²) in [5, 5.41) is 0. The normalized spacial score (nSPS) is 46.2. The van der Waals surface area contributed by atoms with Crippen LogP contribution in [0.2, 0.25) is 0 Å². The van der Waals surface area contributed by atoms with Crippen molar-refractivity contribution >= 4 is 23.1 Å². The summed E-state index contributed by atoms with van der Waals surface area (Å²) in [5.74, 6) is -1.85. The minimum Gasteiger partial charge on any atom is -0.299 e. The average molecular weight is 262 g/mol. The predicted molar refractivity (Wildman–Crippen MR) is 66.2 cm³/mol. The number of carbonyl (C=O) groups excluding carboxylic acids is 4. The number of hydrogen-bond acceptors (Lipinski definition) is 4. The van der Waals surface area contributed by atoms with Crippen molar-refractivity contribution < 1.29 is 19.2 Å². The van der Waals surface area contributed by atoms with E-state index in [2.05, 4.69) is 0 Å². The minimum atomic E-state index is -0.544. The Balaban J connectivity index is 1.93. The van der Waals surface area contributed by atoms with Crippen LogP contribution in [0.1, 0.15) is 33.1 Å². The second kappa shape index (κ2) is 4.09. The monoisotopic (exact) mass is 262 g/mol. The second-order valence-corrected chi connectivity index (χ2v) is 6.40. The van der Waals surface area contributed by atoms with Gasteiger partial charge in [0.1, 0.15) is 23.1 Å². The molecule has 3 fully saturated rings. The molecule has 19 heavy (non-hydrogen) atoms. The smallest absolute Gasteiger partial charge is 0.146 e. The van der Waals surface area contributed by atoms with Crippen LogP contribution in [0.25, 0.3) is 0 Å². The van der Waals surface area contributed by atoms with Crippen LogP contribution in [0, 0.1) is 35.5 Å². The van der Waals surface area contributed by atoms with Crippen molar-refractivity contribution in [2.24, 2.45) is 35.5 Å². The van der Waals surface area contributed by atoms with Crippen LogP contribution in [0.4, 0.5) is 0 Å². The maximum Gasteiger partial charge on any atom is 0.146 e. The van der Waals surface area contributed by atoms with Crippen molar-refractivity contribution in [1.82, 2.24) is 0 Å². The molecule has 0 aliphatic heterocycles. The maximum atomic E-state index is 12.2. The van der Waals surface area contributed by atoms with Crippen molar-refractivity contribution in [1.29, 1.82) is 0 Å². The van der Waals surface area contributed by atoms with E-state index in [9.17, 15) is 19.2 Å². The molecular weight excluding hydrogens is 244 g/mol. The van der Waals surface area contributed by atoms with Gasteiger partial charge in [-0.2, -0.15) is 0 Å². The number of rotatable bonds is 0. The third-order valence-corrected chi connectivity index (χ3v) is 5.34. The Labute approximate surface area is 111 Å². The number of hydrogen-bond donors (Lipinski definition) is 0. The van der Waals surface area contributed by atoms with E-state index in [0.717, 1.165) is 0 Å². The van der Waals surface area contributed by atoms with Gasteiger partial charge in [0.25, 0.3) is 0 Å². The third kappa shape index (κ3) is 1.65. The van der Waals surface area contributed by atoms with Crippen LogP contribution in [-0.4, -0.2) is 23.1 Å². The molecule has 0 radical (unpaired) electrons. The molecule has 0 spiro atoms. The SMILES string of the molecule is CC1CC(=O)C2CC3C(=O)C(C)C(=O)C3CC2C1=O. The van der Waals surface area contributed by atoms with Gasteiger partial charge in [0.2, 0.25) is 0 Å². The summed E-state index contributed by atoms with van der Waals surface area (Å²) >= 11 is 0. The van der Waals surface area contributed by atoms with E-state index in [0.29, 0.717) is 19.3 Å². The summed E-state index contributed by atoms with van der Waals surface area (Å²) < 4.78 is 0. The van der Waals surface area contributed by atoms with E-state index in [1.165, 1.54) is 0 Å². The molecule has 0 N–H and O–H groups in total. The van der Waals surface area contributed by atoms with E-state index < -0.39 is 5.92 Å². The fourth-order valence-electron chi connectivity index (χ4n) is 4.21. The second-order valence-electron chi connectivity index (χ2n) is 6.40. The van der Waals surface area contributed by atoms with E-state index in [4.69, 9.17) is 0 Å². The molecular formula is C15H18O4. The molecule has 0 aromatic rings. The van der Waals surface area contributed by atoms with Gasteiger partial charge in [-0.3, -0.25) is 19.2 Å². The zero-order chi connectivity index (χ0) is 13.9. The van der Waals surface area contributed by atoms with Crippen LogP contribution in [-0.2, 0) is 19.2 Å². The third-order valence-electron chi connectivity index (χ3n) is 5.34. The first-order valence-electron chi connectivity index (χ1n) is 7.05. The van der Waals surface area contributed by atoms with E-state index in [1.807, 2.05) is 0 Å². The summed E-state index contributed by atoms with van der Waals surface area (Å²) in [6, 6.07) is 0. The number of ketones is 4. The summed E-state index contributed by atoms with van der Waals surface area (Å²) in [4.78, 5) is 48.4. The van der Waals surface area contributed by atoms with Crippen LogP contribution >= 0.6 is 0 Å². The van der Waals surface area contributed by atoms with Gasteiger partial charge in [-0.15, -0.1) is 0 Å². The predicted octanol–water partition coefficient (Wildman–Crippen LogP) is 1.21. The number of fused-ring (bicyclic) bond motifs is 2. The zero-order valence-corrected chi connectivity index (χ0v) is 11.2. The summed E-state index contributed by atoms with van der Waals surface area (Å²) in [7, 11) is 0. The van der Waals surface area contributed by atoms with Crippen LogP contribution < -0.4 is 0 Å². The Hall–Kier alpha value is -1.32. The molecule has 0 bridgehead atoms. The van der Waals surface area contributed by atoms with Gasteiger partial charge < -0.3 is 0 Å². The molecule has 3 rings (SSSR count). The first-order chi connectivity index (χ1) is 8.91. The molecule has 6 atom stereocenters. The van der Waals surface area contributed by atoms with E-state index in [1.54, 1.807) is 13.8 Å². The molecule has 3 aliphatic rings. The minimum absolute atomic E-state index is 0.0210. The van der Waals surface area contributed by atoms with Gasteiger partial charge in [-0.05, 0) is 19.8 Å². The highest BCUT2D eigenvalue weighted by molar-refractivity contribution is 6.12. The Bertz CT molecular complexity index is 492. The van der Waals surface area contributed by atoms with E-state index in [-0.39, 0.29) is 52.7 Å². The topological polar surface area (TPSA) is 68.3 Å². The van der Waals surface area contributed by atoms with Gasteiger partial charge in [0.05, 0.1) is 5.92 Å². The van der Waals surface area contributed by atoms with Crippen molar-refractivity contribution in [3.63, 3.8) is 0 Å². The molecule has 0 aromatic carbocycles. The molecule has 102 valence electrons. The number of Topliss-reactive ketones (excluding diaryl/α,β-unsaturated/α-hetero) is 4. The summed E-state index contributed by atoms with van der Waals surface area (Å²) in [6.07, 6.45) is 1.13. The lowest BCUT2D eigenvalue weighted by molar-refractivity contribution is -0.147. The van der Waals surface area contributed by atoms with Gasteiger partial charge in [0, 0.05) is 36.0 Å². The molecule has 4 heteroatoms. The largest absolute Gasteiger partial charge is 0.299 e. The van der Waals surface area contributed by atoms with Crippen LogP contribution in [0.3, 0.4) is 0 Å². The Morgan fingerprint density at radius 1 is 0.737 bits per heavy atom. The molecule has 0 saturated heterocycles. The van der Waals surface area contributed by atoms with Gasteiger partial charge in [-0.1, -0.05) is 6.92 Å².